The highest BCUT2D eigenvalue weighted by Crippen LogP contribution is 2.41. The van der Waals surface area contributed by atoms with Crippen molar-refractivity contribution in [3.63, 3.8) is 0 Å². The van der Waals surface area contributed by atoms with Gasteiger partial charge in [-0.3, -0.25) is 4.79 Å². The largest absolute Gasteiger partial charge is 0.494 e. The summed E-state index contributed by atoms with van der Waals surface area (Å²) in [6.07, 6.45) is 0.860. The predicted octanol–water partition coefficient (Wildman–Crippen LogP) is 2.94. The zero-order valence-electron chi connectivity index (χ0n) is 22.1. The standard InChI is InChI=1S/C28H31BN2O6/c1-7-16-17-11-15(29-36-26(3,4)27(5,6)37-29)9-10-21(17)30-23-18(16)13-31-22(23)12-20-19(24(31)32)14-35-25(33)28(20,34)8-2/h9-12,34H,7-8,13-14H2,1-6H3/t28-/m0/s1. The molecule has 1 fully saturated rings. The Kier molecular flexibility index (Phi) is 5.10. The molecular formula is C28H31BN2O6. The number of nitrogens with zero attached hydrogens (tertiary/aromatic N) is 2. The van der Waals surface area contributed by atoms with E-state index in [2.05, 4.69) is 13.0 Å². The molecule has 1 atom stereocenters. The second-order valence-electron chi connectivity index (χ2n) is 11.2. The molecule has 0 bridgehead atoms. The topological polar surface area (TPSA) is 99.9 Å². The first kappa shape index (κ1) is 24.3. The van der Waals surface area contributed by atoms with Crippen LogP contribution in [0.15, 0.2) is 29.1 Å². The van der Waals surface area contributed by atoms with Gasteiger partial charge in [0.25, 0.3) is 5.56 Å². The van der Waals surface area contributed by atoms with E-state index in [1.54, 1.807) is 17.6 Å². The summed E-state index contributed by atoms with van der Waals surface area (Å²) in [4.78, 5) is 30.9. The highest BCUT2D eigenvalue weighted by Gasteiger charge is 2.52. The van der Waals surface area contributed by atoms with Gasteiger partial charge in [0.15, 0.2) is 5.60 Å². The van der Waals surface area contributed by atoms with E-state index in [1.165, 1.54) is 0 Å². The molecule has 3 aliphatic heterocycles. The number of pyridine rings is 2. The normalized spacial score (nSPS) is 23.1. The summed E-state index contributed by atoms with van der Waals surface area (Å²) >= 11 is 0. The lowest BCUT2D eigenvalue weighted by molar-refractivity contribution is -0.172. The van der Waals surface area contributed by atoms with Gasteiger partial charge >= 0.3 is 13.1 Å². The van der Waals surface area contributed by atoms with Gasteiger partial charge in [-0.05, 0) is 63.7 Å². The third-order valence-corrected chi connectivity index (χ3v) is 8.71. The van der Waals surface area contributed by atoms with Crippen LogP contribution in [-0.2, 0) is 44.0 Å². The fourth-order valence-corrected chi connectivity index (χ4v) is 5.71. The third-order valence-electron chi connectivity index (χ3n) is 8.71. The fourth-order valence-electron chi connectivity index (χ4n) is 5.71. The SMILES string of the molecule is CCc1c2c(nc3ccc(B4OC(C)(C)C(C)(C)O4)cc13)-c1cc3c(c(=O)n1C2)COC(=O)[C@]3(O)CC. The Labute approximate surface area is 215 Å². The van der Waals surface area contributed by atoms with Crippen molar-refractivity contribution >= 4 is 29.5 Å². The van der Waals surface area contributed by atoms with E-state index in [1.807, 2.05) is 39.8 Å². The van der Waals surface area contributed by atoms with Crippen LogP contribution in [0.3, 0.4) is 0 Å². The van der Waals surface area contributed by atoms with Crippen molar-refractivity contribution in [1.82, 2.24) is 9.55 Å². The number of carbonyl (C=O) groups excluding carboxylic acids is 1. The van der Waals surface area contributed by atoms with Crippen LogP contribution in [0.25, 0.3) is 22.3 Å². The van der Waals surface area contributed by atoms with Gasteiger partial charge in [0, 0.05) is 16.5 Å². The van der Waals surface area contributed by atoms with E-state index in [9.17, 15) is 14.7 Å². The van der Waals surface area contributed by atoms with Crippen LogP contribution >= 0.6 is 0 Å². The summed E-state index contributed by atoms with van der Waals surface area (Å²) in [5.41, 5.74) is 2.82. The van der Waals surface area contributed by atoms with Crippen molar-refractivity contribution in [1.29, 1.82) is 0 Å². The van der Waals surface area contributed by atoms with Crippen molar-refractivity contribution in [2.24, 2.45) is 0 Å². The average molecular weight is 502 g/mol. The number of benzene rings is 1. The molecule has 0 unspecified atom stereocenters. The molecule has 0 amide bonds. The van der Waals surface area contributed by atoms with E-state index in [0.717, 1.165) is 33.9 Å². The quantitative estimate of drug-likeness (QED) is 0.340. The number of fused-ring (bicyclic) bond motifs is 5. The maximum Gasteiger partial charge on any atom is 0.494 e. The smallest absolute Gasteiger partial charge is 0.458 e. The van der Waals surface area contributed by atoms with Crippen molar-refractivity contribution in [2.75, 3.05) is 0 Å². The zero-order valence-corrected chi connectivity index (χ0v) is 22.1. The highest BCUT2D eigenvalue weighted by molar-refractivity contribution is 6.62. The molecule has 192 valence electrons. The first-order chi connectivity index (χ1) is 17.4. The molecule has 9 heteroatoms. The summed E-state index contributed by atoms with van der Waals surface area (Å²) in [7, 11) is -0.483. The summed E-state index contributed by atoms with van der Waals surface area (Å²) in [5, 5.41) is 12.1. The number of aryl methyl sites for hydroxylation is 1. The van der Waals surface area contributed by atoms with Crippen LogP contribution in [-0.4, -0.2) is 38.9 Å². The van der Waals surface area contributed by atoms with Gasteiger partial charge in [-0.1, -0.05) is 26.0 Å². The fraction of sp³-hybridized carbons (Fsp3) is 0.464. The number of carbonyl (C=O) groups is 1. The van der Waals surface area contributed by atoms with Crippen LogP contribution in [0, 0.1) is 0 Å². The number of aliphatic hydroxyl groups is 1. The number of aromatic nitrogens is 2. The van der Waals surface area contributed by atoms with Gasteiger partial charge in [0.2, 0.25) is 0 Å². The second kappa shape index (κ2) is 7.76. The Bertz CT molecular complexity index is 1540. The molecule has 1 aromatic carbocycles. The molecule has 37 heavy (non-hydrogen) atoms. The van der Waals surface area contributed by atoms with Crippen molar-refractivity contribution in [3.05, 3.63) is 56.9 Å². The number of esters is 1. The summed E-state index contributed by atoms with van der Waals surface area (Å²) in [6.45, 7) is 12.2. The minimum atomic E-state index is -1.84. The van der Waals surface area contributed by atoms with Gasteiger partial charge < -0.3 is 23.7 Å². The van der Waals surface area contributed by atoms with Gasteiger partial charge in [-0.2, -0.15) is 0 Å². The second-order valence-corrected chi connectivity index (χ2v) is 11.2. The third kappa shape index (κ3) is 3.23. The molecule has 6 rings (SSSR count). The Balaban J connectivity index is 1.51. The number of hydrogen-bond acceptors (Lipinski definition) is 7. The Hall–Kier alpha value is -3.01. The highest BCUT2D eigenvalue weighted by atomic mass is 16.7. The van der Waals surface area contributed by atoms with Crippen LogP contribution in [0.4, 0.5) is 0 Å². The summed E-state index contributed by atoms with van der Waals surface area (Å²) < 4.78 is 19.4. The first-order valence-corrected chi connectivity index (χ1v) is 12.9. The first-order valence-electron chi connectivity index (χ1n) is 12.9. The van der Waals surface area contributed by atoms with E-state index in [-0.39, 0.29) is 18.6 Å². The minimum absolute atomic E-state index is 0.113. The monoisotopic (exact) mass is 502 g/mol. The van der Waals surface area contributed by atoms with Crippen LogP contribution in [0.5, 0.6) is 0 Å². The van der Waals surface area contributed by atoms with Gasteiger partial charge in [0.05, 0.1) is 40.2 Å². The van der Waals surface area contributed by atoms with E-state index >= 15 is 0 Å². The Morgan fingerprint density at radius 3 is 2.41 bits per heavy atom. The Morgan fingerprint density at radius 2 is 1.76 bits per heavy atom. The maximum atomic E-state index is 13.5. The lowest BCUT2D eigenvalue weighted by Crippen LogP contribution is -2.44. The Morgan fingerprint density at radius 1 is 1.05 bits per heavy atom. The number of hydrogen-bond donors (Lipinski definition) is 1. The maximum absolute atomic E-state index is 13.5. The molecule has 1 saturated heterocycles. The van der Waals surface area contributed by atoms with Crippen LogP contribution in [0.2, 0.25) is 0 Å². The minimum Gasteiger partial charge on any atom is -0.458 e. The molecule has 3 aliphatic rings. The molecule has 2 aromatic heterocycles. The molecular weight excluding hydrogens is 471 g/mol. The molecule has 0 spiro atoms. The zero-order chi connectivity index (χ0) is 26.5. The van der Waals surface area contributed by atoms with E-state index in [0.29, 0.717) is 29.1 Å². The van der Waals surface area contributed by atoms with Crippen molar-refractivity contribution in [2.45, 2.75) is 84.3 Å². The van der Waals surface area contributed by atoms with Gasteiger partial charge in [-0.25, -0.2) is 9.78 Å². The van der Waals surface area contributed by atoms with E-state index < -0.39 is 29.9 Å². The van der Waals surface area contributed by atoms with Crippen molar-refractivity contribution < 1.29 is 23.9 Å². The molecule has 5 heterocycles. The molecule has 0 saturated carbocycles. The average Bonchev–Trinajstić information content (AvgIpc) is 3.33. The molecule has 0 radical (unpaired) electrons. The van der Waals surface area contributed by atoms with Crippen molar-refractivity contribution in [3.8, 4) is 11.4 Å². The predicted molar refractivity (Wildman–Crippen MR) is 140 cm³/mol. The number of ether oxygens (including phenoxy) is 1. The molecule has 8 nitrogen and oxygen atoms in total. The summed E-state index contributed by atoms with van der Waals surface area (Å²) in [5.74, 6) is -0.721. The lowest BCUT2D eigenvalue weighted by atomic mass is 9.78. The lowest BCUT2D eigenvalue weighted by Gasteiger charge is -2.32. The molecule has 1 N–H and O–H groups in total. The number of rotatable bonds is 3. The number of cyclic esters (lactones) is 1. The van der Waals surface area contributed by atoms with Gasteiger partial charge in [-0.15, -0.1) is 0 Å². The van der Waals surface area contributed by atoms with Crippen LogP contribution in [0.1, 0.15) is 70.2 Å². The van der Waals surface area contributed by atoms with Crippen LogP contribution < -0.4 is 11.0 Å². The van der Waals surface area contributed by atoms with E-state index in [4.69, 9.17) is 19.0 Å². The summed E-state index contributed by atoms with van der Waals surface area (Å²) in [6, 6.07) is 7.78. The van der Waals surface area contributed by atoms with Gasteiger partial charge in [0.1, 0.15) is 6.61 Å². The molecule has 3 aromatic rings. The molecule has 0 aliphatic carbocycles.